The molecule has 10 N–H and O–H groups in total. The SMILES string of the molecule is Nc1nc(N)nc(N)n1.O=C(O)C(O)C(O)C(=O)O. The van der Waals surface area contributed by atoms with Gasteiger partial charge in [-0.25, -0.2) is 9.59 Å². The van der Waals surface area contributed by atoms with Crippen molar-refractivity contribution < 1.29 is 30.0 Å². The normalized spacial score (nSPS) is 12.7. The van der Waals surface area contributed by atoms with Crippen LogP contribution in [0.15, 0.2) is 0 Å². The fourth-order valence-corrected chi connectivity index (χ4v) is 0.697. The second-order valence-corrected chi connectivity index (χ2v) is 2.98. The maximum atomic E-state index is 9.77. The van der Waals surface area contributed by atoms with Crippen LogP contribution in [0.25, 0.3) is 0 Å². The number of aliphatic hydroxyl groups excluding tert-OH is 2. The molecule has 0 saturated carbocycles. The van der Waals surface area contributed by atoms with E-state index in [1.54, 1.807) is 0 Å². The van der Waals surface area contributed by atoms with Crippen LogP contribution in [-0.4, -0.2) is 59.5 Å². The molecular weight excluding hydrogens is 264 g/mol. The van der Waals surface area contributed by atoms with Gasteiger partial charge in [-0.05, 0) is 0 Å². The Hall–Kier alpha value is -2.73. The third-order valence-electron chi connectivity index (χ3n) is 1.49. The first kappa shape index (κ1) is 16.3. The number of carboxylic acids is 2. The smallest absolute Gasteiger partial charge is 0.335 e. The number of rotatable bonds is 3. The van der Waals surface area contributed by atoms with Crippen molar-refractivity contribution in [2.24, 2.45) is 0 Å². The number of hydrogen-bond acceptors (Lipinski definition) is 10. The molecule has 0 amide bonds. The number of anilines is 3. The Labute approximate surface area is 105 Å². The second kappa shape index (κ2) is 6.87. The summed E-state index contributed by atoms with van der Waals surface area (Å²) >= 11 is 0. The van der Waals surface area contributed by atoms with E-state index < -0.39 is 24.1 Å². The van der Waals surface area contributed by atoms with Crippen molar-refractivity contribution >= 4 is 29.8 Å². The Bertz CT molecular complexity index is 399. The predicted molar refractivity (Wildman–Crippen MR) is 60.3 cm³/mol. The molecule has 0 aromatic carbocycles. The minimum absolute atomic E-state index is 0.0417. The molecule has 0 aliphatic carbocycles. The van der Waals surface area contributed by atoms with Gasteiger partial charge in [-0.2, -0.15) is 15.0 Å². The van der Waals surface area contributed by atoms with E-state index in [-0.39, 0.29) is 17.8 Å². The largest absolute Gasteiger partial charge is 0.479 e. The van der Waals surface area contributed by atoms with Gasteiger partial charge in [0.05, 0.1) is 0 Å². The Morgan fingerprint density at radius 2 is 1.00 bits per heavy atom. The zero-order valence-electron chi connectivity index (χ0n) is 9.33. The number of aliphatic carboxylic acids is 2. The van der Waals surface area contributed by atoms with Gasteiger partial charge >= 0.3 is 11.9 Å². The summed E-state index contributed by atoms with van der Waals surface area (Å²) in [4.78, 5) is 30.0. The molecule has 0 bridgehead atoms. The van der Waals surface area contributed by atoms with Crippen LogP contribution < -0.4 is 17.2 Å². The van der Waals surface area contributed by atoms with Gasteiger partial charge in [-0.15, -0.1) is 0 Å². The zero-order valence-corrected chi connectivity index (χ0v) is 9.33. The lowest BCUT2D eigenvalue weighted by Gasteiger charge is -2.07. The molecule has 0 saturated heterocycles. The summed E-state index contributed by atoms with van der Waals surface area (Å²) in [5.74, 6) is -3.41. The van der Waals surface area contributed by atoms with Crippen molar-refractivity contribution in [1.82, 2.24) is 15.0 Å². The van der Waals surface area contributed by atoms with Crippen molar-refractivity contribution in [3.63, 3.8) is 0 Å². The molecule has 2 atom stereocenters. The number of nitrogen functional groups attached to an aromatic ring is 3. The van der Waals surface area contributed by atoms with E-state index in [0.717, 1.165) is 0 Å². The molecule has 12 heteroatoms. The summed E-state index contributed by atoms with van der Waals surface area (Å²) in [6.45, 7) is 0. The van der Waals surface area contributed by atoms with E-state index in [2.05, 4.69) is 15.0 Å². The van der Waals surface area contributed by atoms with Gasteiger partial charge in [0.2, 0.25) is 17.8 Å². The van der Waals surface area contributed by atoms with Crippen LogP contribution in [0.1, 0.15) is 0 Å². The summed E-state index contributed by atoms with van der Waals surface area (Å²) in [6.07, 6.45) is -4.53. The standard InChI is InChI=1S/C4H6O6.C3H6N6/c5-1(3(7)8)2(6)4(9)10;4-1-7-2(5)9-3(6)8-1/h1-2,5-6H,(H,7,8)(H,9,10);(H6,4,5,6,7,8,9). The maximum absolute atomic E-state index is 9.77. The molecule has 1 aromatic rings. The van der Waals surface area contributed by atoms with Gasteiger partial charge in [0.25, 0.3) is 0 Å². The fraction of sp³-hybridized carbons (Fsp3) is 0.286. The molecule has 0 radical (unpaired) electrons. The lowest BCUT2D eigenvalue weighted by molar-refractivity contribution is -0.165. The average molecular weight is 276 g/mol. The molecule has 0 aliphatic rings. The van der Waals surface area contributed by atoms with E-state index in [4.69, 9.17) is 37.6 Å². The average Bonchev–Trinajstić information content (AvgIpc) is 2.25. The highest BCUT2D eigenvalue weighted by molar-refractivity contribution is 5.83. The minimum atomic E-state index is -2.27. The highest BCUT2D eigenvalue weighted by Gasteiger charge is 2.29. The van der Waals surface area contributed by atoms with Crippen LogP contribution in [0.3, 0.4) is 0 Å². The maximum Gasteiger partial charge on any atom is 0.335 e. The quantitative estimate of drug-likeness (QED) is 0.285. The number of carboxylic acid groups (broad SMARTS) is 2. The van der Waals surface area contributed by atoms with Gasteiger partial charge in [-0.1, -0.05) is 0 Å². The topological polar surface area (TPSA) is 232 Å². The van der Waals surface area contributed by atoms with Crippen LogP contribution in [0.2, 0.25) is 0 Å². The number of carbonyl (C=O) groups is 2. The number of aliphatic hydroxyl groups is 2. The Morgan fingerprint density at radius 3 is 1.16 bits per heavy atom. The van der Waals surface area contributed by atoms with Gasteiger partial charge in [0, 0.05) is 0 Å². The molecule has 0 spiro atoms. The van der Waals surface area contributed by atoms with Crippen LogP contribution in [0, 0.1) is 0 Å². The van der Waals surface area contributed by atoms with Crippen molar-refractivity contribution in [3.8, 4) is 0 Å². The third-order valence-corrected chi connectivity index (χ3v) is 1.49. The van der Waals surface area contributed by atoms with Gasteiger partial charge < -0.3 is 37.6 Å². The van der Waals surface area contributed by atoms with E-state index >= 15 is 0 Å². The molecule has 12 nitrogen and oxygen atoms in total. The number of nitrogens with zero attached hydrogens (tertiary/aromatic N) is 3. The molecule has 106 valence electrons. The van der Waals surface area contributed by atoms with Gasteiger partial charge in [-0.3, -0.25) is 0 Å². The summed E-state index contributed by atoms with van der Waals surface area (Å²) in [7, 11) is 0. The third kappa shape index (κ3) is 5.94. The summed E-state index contributed by atoms with van der Waals surface area (Å²) in [6, 6.07) is 0. The molecule has 0 fully saturated rings. The van der Waals surface area contributed by atoms with Crippen molar-refractivity contribution in [2.75, 3.05) is 17.2 Å². The fourth-order valence-electron chi connectivity index (χ4n) is 0.697. The highest BCUT2D eigenvalue weighted by Crippen LogP contribution is 1.97. The van der Waals surface area contributed by atoms with Gasteiger partial charge in [0.15, 0.2) is 12.2 Å². The molecular formula is C7H12N6O6. The minimum Gasteiger partial charge on any atom is -0.479 e. The number of nitrogens with two attached hydrogens (primary N) is 3. The molecule has 19 heavy (non-hydrogen) atoms. The van der Waals surface area contributed by atoms with Crippen molar-refractivity contribution in [2.45, 2.75) is 12.2 Å². The lowest BCUT2D eigenvalue weighted by Crippen LogP contribution is -2.39. The van der Waals surface area contributed by atoms with Gasteiger partial charge in [0.1, 0.15) is 0 Å². The Kier molecular flexibility index (Phi) is 5.89. The van der Waals surface area contributed by atoms with E-state index in [9.17, 15) is 9.59 Å². The second-order valence-electron chi connectivity index (χ2n) is 2.98. The first-order valence-electron chi connectivity index (χ1n) is 4.49. The first-order valence-corrected chi connectivity index (χ1v) is 4.49. The van der Waals surface area contributed by atoms with Crippen LogP contribution in [0.4, 0.5) is 17.8 Å². The van der Waals surface area contributed by atoms with E-state index in [1.165, 1.54) is 0 Å². The lowest BCUT2D eigenvalue weighted by atomic mass is 10.2. The van der Waals surface area contributed by atoms with E-state index in [0.29, 0.717) is 0 Å². The van der Waals surface area contributed by atoms with E-state index in [1.807, 2.05) is 0 Å². The number of hydrogen-bond donors (Lipinski definition) is 7. The summed E-state index contributed by atoms with van der Waals surface area (Å²) in [5.41, 5.74) is 15.4. The number of aromatic nitrogens is 3. The summed E-state index contributed by atoms with van der Waals surface area (Å²) in [5, 5.41) is 32.5. The predicted octanol–water partition coefficient (Wildman–Crippen LogP) is -3.50. The molecule has 1 heterocycles. The molecule has 2 unspecified atom stereocenters. The molecule has 1 aromatic heterocycles. The first-order chi connectivity index (χ1) is 8.65. The molecule has 1 rings (SSSR count). The van der Waals surface area contributed by atoms with Crippen LogP contribution >= 0.6 is 0 Å². The summed E-state index contributed by atoms with van der Waals surface area (Å²) < 4.78 is 0. The monoisotopic (exact) mass is 276 g/mol. The highest BCUT2D eigenvalue weighted by atomic mass is 16.4. The van der Waals surface area contributed by atoms with Crippen molar-refractivity contribution in [3.05, 3.63) is 0 Å². The van der Waals surface area contributed by atoms with Crippen LogP contribution in [-0.2, 0) is 9.59 Å². The van der Waals surface area contributed by atoms with Crippen molar-refractivity contribution in [1.29, 1.82) is 0 Å². The molecule has 0 aliphatic heterocycles. The Morgan fingerprint density at radius 1 is 0.789 bits per heavy atom. The van der Waals surface area contributed by atoms with Crippen LogP contribution in [0.5, 0.6) is 0 Å². The zero-order chi connectivity index (χ0) is 15.2. The Balaban J connectivity index is 0.000000342.